The van der Waals surface area contributed by atoms with Gasteiger partial charge < -0.3 is 10.2 Å². The van der Waals surface area contributed by atoms with E-state index in [9.17, 15) is 8.42 Å². The molecule has 1 unspecified atom stereocenters. The monoisotopic (exact) mass is 396 g/mol. The highest BCUT2D eigenvalue weighted by molar-refractivity contribution is 7.89. The average Bonchev–Trinajstić information content (AvgIpc) is 3.02. The third-order valence-electron chi connectivity index (χ3n) is 4.69. The first kappa shape index (κ1) is 18.3. The van der Waals surface area contributed by atoms with E-state index in [0.29, 0.717) is 30.3 Å². The topological polar surface area (TPSA) is 114 Å². The lowest BCUT2D eigenvalue weighted by Crippen LogP contribution is -2.26. The molecule has 1 atom stereocenters. The Hall–Kier alpha value is -3.04. The van der Waals surface area contributed by atoms with Crippen LogP contribution in [0.25, 0.3) is 0 Å². The van der Waals surface area contributed by atoms with Gasteiger partial charge in [-0.3, -0.25) is 0 Å². The van der Waals surface area contributed by atoms with Crippen LogP contribution in [0.4, 0.5) is 17.5 Å². The van der Waals surface area contributed by atoms with Gasteiger partial charge >= 0.3 is 0 Å². The fourth-order valence-corrected chi connectivity index (χ4v) is 4.25. The van der Waals surface area contributed by atoms with E-state index in [2.05, 4.69) is 20.5 Å². The molecule has 3 aromatic rings. The zero-order valence-electron chi connectivity index (χ0n) is 15.3. The van der Waals surface area contributed by atoms with Crippen LogP contribution in [0.5, 0.6) is 0 Å². The van der Waals surface area contributed by atoms with Crippen LogP contribution in [0.3, 0.4) is 0 Å². The minimum absolute atomic E-state index is 0.0240. The summed E-state index contributed by atoms with van der Waals surface area (Å²) < 4.78 is 23.8. The summed E-state index contributed by atoms with van der Waals surface area (Å²) in [5.74, 6) is 1.01. The molecule has 0 saturated carbocycles. The van der Waals surface area contributed by atoms with Crippen LogP contribution in [0, 0.1) is 0 Å². The molecule has 0 bridgehead atoms. The number of hydrogen-bond donors (Lipinski definition) is 2. The second kappa shape index (κ2) is 7.17. The lowest BCUT2D eigenvalue weighted by molar-refractivity contribution is 0.596. The fourth-order valence-electron chi connectivity index (χ4n) is 3.45. The van der Waals surface area contributed by atoms with Gasteiger partial charge in [0.05, 0.1) is 11.1 Å². The van der Waals surface area contributed by atoms with Crippen molar-refractivity contribution in [1.82, 2.24) is 15.2 Å². The minimum atomic E-state index is -3.80. The summed E-state index contributed by atoms with van der Waals surface area (Å²) in [7, 11) is -3.80. The Kier molecular flexibility index (Phi) is 4.70. The third-order valence-corrected chi connectivity index (χ3v) is 5.69. The zero-order chi connectivity index (χ0) is 19.7. The first-order valence-corrected chi connectivity index (χ1v) is 10.4. The molecular weight excluding hydrogens is 376 g/mol. The number of sulfonamides is 1. The number of nitrogens with zero attached hydrogens (tertiary/aromatic N) is 4. The second-order valence-electron chi connectivity index (χ2n) is 6.70. The minimum Gasteiger partial charge on any atom is -0.365 e. The molecule has 0 spiro atoms. The molecule has 0 aliphatic carbocycles. The molecule has 1 aliphatic heterocycles. The van der Waals surface area contributed by atoms with E-state index in [0.717, 1.165) is 11.3 Å². The highest BCUT2D eigenvalue weighted by Crippen LogP contribution is 2.39. The van der Waals surface area contributed by atoms with Gasteiger partial charge in [0.25, 0.3) is 5.95 Å². The van der Waals surface area contributed by atoms with Gasteiger partial charge in [-0.2, -0.15) is 10.1 Å². The number of benzene rings is 2. The summed E-state index contributed by atoms with van der Waals surface area (Å²) in [4.78, 5) is 6.61. The van der Waals surface area contributed by atoms with E-state index in [-0.39, 0.29) is 10.9 Å². The number of aromatic nitrogens is 3. The van der Waals surface area contributed by atoms with Crippen LogP contribution < -0.4 is 15.4 Å². The molecule has 2 heterocycles. The molecule has 1 aromatic heterocycles. The molecule has 9 heteroatoms. The van der Waals surface area contributed by atoms with Crippen molar-refractivity contribution in [3.8, 4) is 0 Å². The van der Waals surface area contributed by atoms with E-state index in [1.807, 2.05) is 48.2 Å². The Morgan fingerprint density at radius 3 is 2.71 bits per heavy atom. The molecule has 4 rings (SSSR count). The van der Waals surface area contributed by atoms with E-state index in [1.54, 1.807) is 12.3 Å². The smallest absolute Gasteiger partial charge is 0.252 e. The normalized spacial score (nSPS) is 16.1. The number of fused-ring (bicyclic) bond motifs is 1. The molecule has 28 heavy (non-hydrogen) atoms. The van der Waals surface area contributed by atoms with Crippen molar-refractivity contribution in [2.75, 3.05) is 10.2 Å². The van der Waals surface area contributed by atoms with Crippen LogP contribution in [-0.4, -0.2) is 29.6 Å². The van der Waals surface area contributed by atoms with Crippen molar-refractivity contribution >= 4 is 27.5 Å². The van der Waals surface area contributed by atoms with Crippen LogP contribution in [0.15, 0.2) is 59.6 Å². The molecule has 2 aromatic carbocycles. The zero-order valence-corrected chi connectivity index (χ0v) is 16.1. The molecule has 0 fully saturated rings. The number of primary sulfonamides is 1. The Morgan fingerprint density at radius 1 is 1.18 bits per heavy atom. The van der Waals surface area contributed by atoms with Crippen LogP contribution in [0.2, 0.25) is 0 Å². The Bertz CT molecular complexity index is 1100. The maximum atomic E-state index is 11.9. The van der Waals surface area contributed by atoms with Crippen molar-refractivity contribution < 1.29 is 8.42 Å². The quantitative estimate of drug-likeness (QED) is 0.679. The summed E-state index contributed by atoms with van der Waals surface area (Å²) in [5, 5.41) is 16.8. The van der Waals surface area contributed by atoms with Gasteiger partial charge in [0.1, 0.15) is 0 Å². The number of nitrogens with two attached hydrogens (primary N) is 1. The number of hydrogen-bond acceptors (Lipinski definition) is 7. The van der Waals surface area contributed by atoms with Crippen LogP contribution in [-0.2, 0) is 23.0 Å². The largest absolute Gasteiger partial charge is 0.365 e. The van der Waals surface area contributed by atoms with Crippen molar-refractivity contribution in [2.45, 2.75) is 30.8 Å². The van der Waals surface area contributed by atoms with Crippen molar-refractivity contribution in [2.24, 2.45) is 5.14 Å². The van der Waals surface area contributed by atoms with E-state index >= 15 is 0 Å². The second-order valence-corrected chi connectivity index (χ2v) is 8.23. The number of nitrogens with one attached hydrogen (secondary N) is 1. The third kappa shape index (κ3) is 3.54. The molecular formula is C19H20N6O2S. The molecule has 0 radical (unpaired) electrons. The first-order valence-electron chi connectivity index (χ1n) is 8.85. The fraction of sp³-hybridized carbons (Fsp3) is 0.211. The van der Waals surface area contributed by atoms with Gasteiger partial charge in [0, 0.05) is 18.3 Å². The molecule has 3 N–H and O–H groups in total. The van der Waals surface area contributed by atoms with Gasteiger partial charge in [-0.05, 0) is 36.6 Å². The molecule has 0 saturated heterocycles. The van der Waals surface area contributed by atoms with E-state index in [1.165, 1.54) is 6.07 Å². The summed E-state index contributed by atoms with van der Waals surface area (Å²) in [5.41, 5.74) is 2.55. The first-order chi connectivity index (χ1) is 13.4. The van der Waals surface area contributed by atoms with Gasteiger partial charge in [-0.25, -0.2) is 13.6 Å². The van der Waals surface area contributed by atoms with Crippen molar-refractivity contribution in [3.63, 3.8) is 0 Å². The van der Waals surface area contributed by atoms with Gasteiger partial charge in [-0.1, -0.05) is 36.4 Å². The Balaban J connectivity index is 1.64. The van der Waals surface area contributed by atoms with Gasteiger partial charge in [-0.15, -0.1) is 5.10 Å². The van der Waals surface area contributed by atoms with Crippen molar-refractivity contribution in [1.29, 1.82) is 0 Å². The lowest BCUT2D eigenvalue weighted by atomic mass is 10.1. The van der Waals surface area contributed by atoms with E-state index < -0.39 is 10.0 Å². The summed E-state index contributed by atoms with van der Waals surface area (Å²) >= 11 is 0. The number of anilines is 3. The maximum absolute atomic E-state index is 11.9. The van der Waals surface area contributed by atoms with Crippen LogP contribution >= 0.6 is 0 Å². The Labute approximate surface area is 163 Å². The highest BCUT2D eigenvalue weighted by atomic mass is 32.2. The predicted molar refractivity (Wildman–Crippen MR) is 107 cm³/mol. The molecule has 8 nitrogen and oxygen atoms in total. The number of rotatable bonds is 5. The Morgan fingerprint density at radius 2 is 1.96 bits per heavy atom. The van der Waals surface area contributed by atoms with Gasteiger partial charge in [0.2, 0.25) is 10.0 Å². The van der Waals surface area contributed by atoms with Gasteiger partial charge in [0.15, 0.2) is 5.82 Å². The molecule has 0 amide bonds. The molecule has 1 aliphatic rings. The summed E-state index contributed by atoms with van der Waals surface area (Å²) in [6.45, 7) is 2.60. The average molecular weight is 396 g/mol. The standard InChI is InChI=1S/C19H20N6O2S/c1-13-10-15-16(8-5-9-17(15)28(20,26)27)25(13)19-23-18(12-22-24-19)21-11-14-6-3-2-4-7-14/h2-9,12-13H,10-11H2,1H3,(H2,20,26,27)(H,21,23,24). The summed E-state index contributed by atoms with van der Waals surface area (Å²) in [6, 6.07) is 15.0. The molecule has 144 valence electrons. The highest BCUT2D eigenvalue weighted by Gasteiger charge is 2.33. The SMILES string of the molecule is CC1Cc2c(cccc2S(N)(=O)=O)N1c1nncc(NCc2ccccc2)n1. The van der Waals surface area contributed by atoms with Crippen LogP contribution in [0.1, 0.15) is 18.1 Å². The maximum Gasteiger partial charge on any atom is 0.252 e. The van der Waals surface area contributed by atoms with Crippen molar-refractivity contribution in [3.05, 3.63) is 65.9 Å². The lowest BCUT2D eigenvalue weighted by Gasteiger charge is -2.22. The summed E-state index contributed by atoms with van der Waals surface area (Å²) in [6.07, 6.45) is 2.10. The van der Waals surface area contributed by atoms with E-state index in [4.69, 9.17) is 5.14 Å². The predicted octanol–water partition coefficient (Wildman–Crippen LogP) is 2.21.